The molecule has 0 saturated carbocycles. The molecule has 2 nitrogen and oxygen atoms in total. The standard InChI is InChI=1S/C12H15ClFNO/c1-2-12(16)7-15(8-12)6-9-10(13)4-3-5-11(9)14/h3-5,16H,2,6-8H2,1H3. The van der Waals surface area contributed by atoms with E-state index in [4.69, 9.17) is 11.6 Å². The summed E-state index contributed by atoms with van der Waals surface area (Å²) in [5.74, 6) is -0.278. The predicted octanol–water partition coefficient (Wildman–Crippen LogP) is 2.44. The molecular formula is C12H15ClFNO. The number of nitrogens with zero attached hydrogens (tertiary/aromatic N) is 1. The first-order valence-electron chi connectivity index (χ1n) is 5.42. The van der Waals surface area contributed by atoms with Gasteiger partial charge in [0.1, 0.15) is 5.82 Å². The highest BCUT2D eigenvalue weighted by Crippen LogP contribution is 2.28. The van der Waals surface area contributed by atoms with Crippen molar-refractivity contribution in [3.8, 4) is 0 Å². The van der Waals surface area contributed by atoms with E-state index < -0.39 is 5.60 Å². The first-order valence-corrected chi connectivity index (χ1v) is 5.79. The number of rotatable bonds is 3. The highest BCUT2D eigenvalue weighted by Gasteiger charge is 2.39. The van der Waals surface area contributed by atoms with E-state index >= 15 is 0 Å². The monoisotopic (exact) mass is 243 g/mol. The summed E-state index contributed by atoms with van der Waals surface area (Å²) in [4.78, 5) is 1.99. The lowest BCUT2D eigenvalue weighted by Gasteiger charge is -2.46. The Labute approximate surface area is 99.6 Å². The molecule has 16 heavy (non-hydrogen) atoms. The lowest BCUT2D eigenvalue weighted by atomic mass is 9.91. The van der Waals surface area contributed by atoms with Crippen LogP contribution < -0.4 is 0 Å². The molecule has 1 aromatic carbocycles. The van der Waals surface area contributed by atoms with Crippen LogP contribution in [0.2, 0.25) is 5.02 Å². The average Bonchev–Trinajstić information content (AvgIpc) is 2.20. The van der Waals surface area contributed by atoms with Gasteiger partial charge in [0.25, 0.3) is 0 Å². The number of hydrogen-bond acceptors (Lipinski definition) is 2. The summed E-state index contributed by atoms with van der Waals surface area (Å²) in [6.45, 7) is 3.60. The molecule has 1 aliphatic rings. The number of hydrogen-bond donors (Lipinski definition) is 1. The molecule has 1 N–H and O–H groups in total. The number of aliphatic hydroxyl groups is 1. The molecule has 0 amide bonds. The Kier molecular flexibility index (Phi) is 3.19. The van der Waals surface area contributed by atoms with Crippen LogP contribution in [0.5, 0.6) is 0 Å². The van der Waals surface area contributed by atoms with Gasteiger partial charge in [-0.2, -0.15) is 0 Å². The molecule has 1 aliphatic heterocycles. The largest absolute Gasteiger partial charge is 0.387 e. The maximum atomic E-state index is 13.5. The summed E-state index contributed by atoms with van der Waals surface area (Å²) >= 11 is 5.93. The molecule has 0 spiro atoms. The van der Waals surface area contributed by atoms with Gasteiger partial charge >= 0.3 is 0 Å². The van der Waals surface area contributed by atoms with E-state index in [1.54, 1.807) is 12.1 Å². The van der Waals surface area contributed by atoms with Gasteiger partial charge in [-0.05, 0) is 18.6 Å². The Hall–Kier alpha value is -0.640. The molecule has 0 unspecified atom stereocenters. The Morgan fingerprint density at radius 1 is 1.50 bits per heavy atom. The van der Waals surface area contributed by atoms with Gasteiger partial charge in [-0.25, -0.2) is 4.39 Å². The van der Waals surface area contributed by atoms with Crippen LogP contribution in [0, 0.1) is 5.82 Å². The number of likely N-dealkylation sites (tertiary alicyclic amines) is 1. The minimum absolute atomic E-state index is 0.278. The van der Waals surface area contributed by atoms with Gasteiger partial charge in [0.2, 0.25) is 0 Å². The lowest BCUT2D eigenvalue weighted by Crippen LogP contribution is -2.60. The van der Waals surface area contributed by atoms with Gasteiger partial charge in [-0.15, -0.1) is 0 Å². The second kappa shape index (κ2) is 4.32. The zero-order valence-electron chi connectivity index (χ0n) is 9.21. The number of β-amino-alcohol motifs (C(OH)–C–C–N with tert-alkyl or cyclic N) is 1. The van der Waals surface area contributed by atoms with E-state index in [-0.39, 0.29) is 5.82 Å². The summed E-state index contributed by atoms with van der Waals surface area (Å²) < 4.78 is 13.5. The van der Waals surface area contributed by atoms with Crippen molar-refractivity contribution < 1.29 is 9.50 Å². The summed E-state index contributed by atoms with van der Waals surface area (Å²) in [6.07, 6.45) is 0.731. The lowest BCUT2D eigenvalue weighted by molar-refractivity contribution is -0.103. The highest BCUT2D eigenvalue weighted by atomic mass is 35.5. The van der Waals surface area contributed by atoms with Gasteiger partial charge in [0.05, 0.1) is 5.60 Å². The molecule has 1 saturated heterocycles. The minimum atomic E-state index is -0.586. The van der Waals surface area contributed by atoms with Gasteiger partial charge in [-0.1, -0.05) is 24.6 Å². The third-order valence-electron chi connectivity index (χ3n) is 3.14. The molecule has 2 rings (SSSR count). The van der Waals surface area contributed by atoms with Crippen molar-refractivity contribution in [3.05, 3.63) is 34.6 Å². The van der Waals surface area contributed by atoms with Crippen LogP contribution in [0.3, 0.4) is 0 Å². The number of halogens is 2. The third kappa shape index (κ3) is 2.21. The zero-order chi connectivity index (χ0) is 11.8. The van der Waals surface area contributed by atoms with Crippen molar-refractivity contribution in [1.29, 1.82) is 0 Å². The Morgan fingerprint density at radius 2 is 2.19 bits per heavy atom. The summed E-state index contributed by atoms with van der Waals surface area (Å²) in [5, 5.41) is 10.3. The van der Waals surface area contributed by atoms with Crippen molar-refractivity contribution in [2.24, 2.45) is 0 Å². The zero-order valence-corrected chi connectivity index (χ0v) is 9.97. The van der Waals surface area contributed by atoms with E-state index in [1.807, 2.05) is 11.8 Å². The van der Waals surface area contributed by atoms with Gasteiger partial charge in [0.15, 0.2) is 0 Å². The predicted molar refractivity (Wildman–Crippen MR) is 61.9 cm³/mol. The highest BCUT2D eigenvalue weighted by molar-refractivity contribution is 6.31. The fourth-order valence-corrected chi connectivity index (χ4v) is 2.25. The summed E-state index contributed by atoms with van der Waals surface area (Å²) in [6, 6.07) is 4.69. The van der Waals surface area contributed by atoms with Crippen LogP contribution >= 0.6 is 11.6 Å². The van der Waals surface area contributed by atoms with Crippen molar-refractivity contribution in [2.45, 2.75) is 25.5 Å². The maximum absolute atomic E-state index is 13.5. The molecule has 1 heterocycles. The molecule has 4 heteroatoms. The van der Waals surface area contributed by atoms with Crippen LogP contribution in [0.25, 0.3) is 0 Å². The number of benzene rings is 1. The van der Waals surface area contributed by atoms with Crippen LogP contribution in [0.4, 0.5) is 4.39 Å². The molecular weight excluding hydrogens is 229 g/mol. The molecule has 0 radical (unpaired) electrons. The quantitative estimate of drug-likeness (QED) is 0.882. The van der Waals surface area contributed by atoms with Crippen molar-refractivity contribution in [1.82, 2.24) is 4.90 Å². The topological polar surface area (TPSA) is 23.5 Å². The van der Waals surface area contributed by atoms with E-state index in [1.165, 1.54) is 6.07 Å². The molecule has 0 bridgehead atoms. The Morgan fingerprint density at radius 3 is 2.75 bits per heavy atom. The smallest absolute Gasteiger partial charge is 0.129 e. The van der Waals surface area contributed by atoms with E-state index in [2.05, 4.69) is 0 Å². The van der Waals surface area contributed by atoms with E-state index in [9.17, 15) is 9.50 Å². The molecule has 0 aliphatic carbocycles. The SMILES string of the molecule is CCC1(O)CN(Cc2c(F)cccc2Cl)C1. The minimum Gasteiger partial charge on any atom is -0.387 e. The fourth-order valence-electron chi connectivity index (χ4n) is 2.03. The molecule has 0 aromatic heterocycles. The molecule has 1 fully saturated rings. The van der Waals surface area contributed by atoms with Gasteiger partial charge in [0, 0.05) is 30.2 Å². The van der Waals surface area contributed by atoms with Crippen molar-refractivity contribution in [3.63, 3.8) is 0 Å². The molecule has 1 aromatic rings. The second-order valence-electron chi connectivity index (χ2n) is 4.42. The third-order valence-corrected chi connectivity index (χ3v) is 3.49. The summed E-state index contributed by atoms with van der Waals surface area (Å²) in [7, 11) is 0. The summed E-state index contributed by atoms with van der Waals surface area (Å²) in [5.41, 5.74) is -0.0695. The first kappa shape index (κ1) is 11.8. The van der Waals surface area contributed by atoms with Gasteiger partial charge < -0.3 is 5.11 Å². The Balaban J connectivity index is 2.02. The Bertz CT molecular complexity index is 370. The normalized spacial score (nSPS) is 19.5. The molecule has 0 atom stereocenters. The van der Waals surface area contributed by atoms with Crippen LogP contribution in [0.15, 0.2) is 18.2 Å². The van der Waals surface area contributed by atoms with E-state index in [0.29, 0.717) is 30.2 Å². The second-order valence-corrected chi connectivity index (χ2v) is 4.83. The van der Waals surface area contributed by atoms with Crippen molar-refractivity contribution in [2.75, 3.05) is 13.1 Å². The molecule has 88 valence electrons. The van der Waals surface area contributed by atoms with Gasteiger partial charge in [-0.3, -0.25) is 4.90 Å². The van der Waals surface area contributed by atoms with Crippen molar-refractivity contribution >= 4 is 11.6 Å². The van der Waals surface area contributed by atoms with Crippen LogP contribution in [0.1, 0.15) is 18.9 Å². The maximum Gasteiger partial charge on any atom is 0.129 e. The van der Waals surface area contributed by atoms with Crippen LogP contribution in [-0.2, 0) is 6.54 Å². The van der Waals surface area contributed by atoms with E-state index in [0.717, 1.165) is 6.42 Å². The first-order chi connectivity index (χ1) is 7.54. The fraction of sp³-hybridized carbons (Fsp3) is 0.500. The average molecular weight is 244 g/mol. The van der Waals surface area contributed by atoms with Crippen LogP contribution in [-0.4, -0.2) is 28.7 Å².